The first-order valence-corrected chi connectivity index (χ1v) is 13.6. The summed E-state index contributed by atoms with van der Waals surface area (Å²) in [6, 6.07) is 0. The van der Waals surface area contributed by atoms with E-state index in [2.05, 4.69) is 0 Å². The Hall–Kier alpha value is -1.41. The predicted octanol–water partition coefficient (Wildman–Crippen LogP) is 4.55. The third kappa shape index (κ3) is 2.86. The molecule has 0 saturated heterocycles. The summed E-state index contributed by atoms with van der Waals surface area (Å²) in [5, 5.41) is 0. The maximum absolute atomic E-state index is 14.6. The number of carbonyl (C=O) groups is 3. The van der Waals surface area contributed by atoms with Crippen molar-refractivity contribution in [3.8, 4) is 0 Å². The second-order valence-corrected chi connectivity index (χ2v) is 12.8. The fourth-order valence-electron chi connectivity index (χ4n) is 10.6. The number of ketones is 3. The van der Waals surface area contributed by atoms with E-state index in [0.717, 1.165) is 0 Å². The highest BCUT2D eigenvalue weighted by molar-refractivity contribution is 5.96. The molecule has 0 spiro atoms. The lowest BCUT2D eigenvalue weighted by Gasteiger charge is -2.48. The number of Topliss-reactive ketones (excluding diaryl/α,β-unsaturated/α-hetero) is 3. The summed E-state index contributed by atoms with van der Waals surface area (Å²) in [5.74, 6) is -9.34. The van der Waals surface area contributed by atoms with E-state index in [1.165, 1.54) is 0 Å². The molecule has 36 heavy (non-hydrogen) atoms. The average molecular weight is 517 g/mol. The van der Waals surface area contributed by atoms with E-state index in [-0.39, 0.29) is 55.9 Å². The highest BCUT2D eigenvalue weighted by Gasteiger charge is 2.74. The molecule has 0 heterocycles. The second kappa shape index (κ2) is 7.81. The van der Waals surface area contributed by atoms with Gasteiger partial charge in [0.1, 0.15) is 54.4 Å². The van der Waals surface area contributed by atoms with Crippen LogP contribution in [-0.4, -0.2) is 54.4 Å². The van der Waals surface area contributed by atoms with Gasteiger partial charge in [-0.3, -0.25) is 14.4 Å². The van der Waals surface area contributed by atoms with Crippen LogP contribution in [0.25, 0.3) is 0 Å². The van der Waals surface area contributed by atoms with Gasteiger partial charge in [-0.2, -0.15) is 0 Å². The molecule has 0 aromatic rings. The van der Waals surface area contributed by atoms with Crippen LogP contribution in [0.2, 0.25) is 0 Å². The van der Waals surface area contributed by atoms with E-state index in [0.29, 0.717) is 0 Å². The van der Waals surface area contributed by atoms with Crippen LogP contribution >= 0.6 is 0 Å². The Morgan fingerprint density at radius 1 is 0.389 bits per heavy atom. The summed E-state index contributed by atoms with van der Waals surface area (Å²) < 4.78 is 87.1. The van der Waals surface area contributed by atoms with E-state index < -0.39 is 108 Å². The van der Waals surface area contributed by atoms with Gasteiger partial charge < -0.3 is 0 Å². The third-order valence-corrected chi connectivity index (χ3v) is 11.7. The van der Waals surface area contributed by atoms with Crippen molar-refractivity contribution in [3.05, 3.63) is 0 Å². The summed E-state index contributed by atoms with van der Waals surface area (Å²) >= 11 is 0. The molecule has 3 nitrogen and oxygen atoms in total. The molecular formula is C27H30F6O3. The number of halogens is 6. The second-order valence-electron chi connectivity index (χ2n) is 12.8. The molecule has 7 aliphatic rings. The van der Waals surface area contributed by atoms with Gasteiger partial charge in [-0.15, -0.1) is 0 Å². The molecule has 0 aromatic heterocycles. The van der Waals surface area contributed by atoms with Crippen molar-refractivity contribution in [2.75, 3.05) is 0 Å². The standard InChI is InChI=1S/C27H30F6O3/c28-13-1-7-10(4-16(13)31)25(34)22-19(7)23-21(8-2-14(29)17(32)5-11(8)26(23)35)24-20(22)9-3-15(30)18(33)6-12(9)27(24)36/h7-24H,1-6H2. The van der Waals surface area contributed by atoms with Crippen molar-refractivity contribution >= 4 is 17.3 Å². The predicted molar refractivity (Wildman–Crippen MR) is 114 cm³/mol. The Bertz CT molecular complexity index is 870. The Kier molecular flexibility index (Phi) is 5.14. The molecule has 7 fully saturated rings. The van der Waals surface area contributed by atoms with Crippen LogP contribution < -0.4 is 0 Å². The van der Waals surface area contributed by atoms with E-state index in [1.54, 1.807) is 0 Å². The van der Waals surface area contributed by atoms with Crippen molar-refractivity contribution < 1.29 is 40.7 Å². The molecule has 7 rings (SSSR count). The van der Waals surface area contributed by atoms with Crippen LogP contribution in [0, 0.1) is 71.0 Å². The summed E-state index contributed by atoms with van der Waals surface area (Å²) in [6.45, 7) is 0. The minimum absolute atomic E-state index is 0.209. The van der Waals surface area contributed by atoms with Gasteiger partial charge in [0, 0.05) is 35.5 Å². The molecular weight excluding hydrogens is 486 g/mol. The van der Waals surface area contributed by atoms with Crippen molar-refractivity contribution in [3.63, 3.8) is 0 Å². The molecule has 12 unspecified atom stereocenters. The van der Waals surface area contributed by atoms with Gasteiger partial charge in [-0.25, -0.2) is 26.3 Å². The van der Waals surface area contributed by atoms with Gasteiger partial charge in [-0.05, 0) is 74.0 Å². The molecule has 0 amide bonds. The van der Waals surface area contributed by atoms with Gasteiger partial charge in [0.05, 0.1) is 0 Å². The van der Waals surface area contributed by atoms with Gasteiger partial charge >= 0.3 is 0 Å². The molecule has 0 N–H and O–H groups in total. The van der Waals surface area contributed by atoms with Crippen molar-refractivity contribution in [2.45, 2.75) is 75.6 Å². The molecule has 0 radical (unpaired) electrons. The summed E-state index contributed by atoms with van der Waals surface area (Å²) in [4.78, 5) is 41.4. The minimum atomic E-state index is -1.79. The molecule has 7 saturated carbocycles. The zero-order valence-electron chi connectivity index (χ0n) is 19.6. The Labute approximate surface area is 205 Å². The first-order chi connectivity index (χ1) is 17.1. The first-order valence-electron chi connectivity index (χ1n) is 13.6. The van der Waals surface area contributed by atoms with Gasteiger partial charge in [-0.1, -0.05) is 0 Å². The monoisotopic (exact) mass is 516 g/mol. The zero-order chi connectivity index (χ0) is 25.4. The van der Waals surface area contributed by atoms with Gasteiger partial charge in [0.2, 0.25) is 0 Å². The molecule has 0 bridgehead atoms. The maximum atomic E-state index is 14.6. The van der Waals surface area contributed by atoms with E-state index >= 15 is 0 Å². The van der Waals surface area contributed by atoms with E-state index in [4.69, 9.17) is 0 Å². The number of carbonyl (C=O) groups excluding carboxylic acids is 3. The van der Waals surface area contributed by atoms with Crippen LogP contribution in [0.15, 0.2) is 0 Å². The molecule has 7 aliphatic carbocycles. The Morgan fingerprint density at radius 3 is 0.861 bits per heavy atom. The number of alkyl halides is 6. The first kappa shape index (κ1) is 23.7. The smallest absolute Gasteiger partial charge is 0.140 e. The zero-order valence-corrected chi connectivity index (χ0v) is 19.6. The highest BCUT2D eigenvalue weighted by atomic mass is 19.2. The van der Waals surface area contributed by atoms with E-state index in [9.17, 15) is 40.7 Å². The van der Waals surface area contributed by atoms with Crippen LogP contribution in [-0.2, 0) is 14.4 Å². The fraction of sp³-hybridized carbons (Fsp3) is 0.889. The van der Waals surface area contributed by atoms with Gasteiger partial charge in [0.15, 0.2) is 0 Å². The van der Waals surface area contributed by atoms with Crippen LogP contribution in [0.4, 0.5) is 26.3 Å². The van der Waals surface area contributed by atoms with Gasteiger partial charge in [0.25, 0.3) is 0 Å². The lowest BCUT2D eigenvalue weighted by molar-refractivity contribution is -0.138. The minimum Gasteiger partial charge on any atom is -0.299 e. The molecule has 0 aromatic carbocycles. The van der Waals surface area contributed by atoms with E-state index in [1.807, 2.05) is 0 Å². The van der Waals surface area contributed by atoms with Crippen molar-refractivity contribution in [1.82, 2.24) is 0 Å². The molecule has 198 valence electrons. The molecule has 9 heteroatoms. The fourth-order valence-corrected chi connectivity index (χ4v) is 10.6. The highest BCUT2D eigenvalue weighted by Crippen LogP contribution is 2.70. The number of fused-ring (bicyclic) bond motifs is 12. The maximum Gasteiger partial charge on any atom is 0.140 e. The Morgan fingerprint density at radius 2 is 0.611 bits per heavy atom. The number of rotatable bonds is 0. The normalized spacial score (nSPS) is 61.7. The lowest BCUT2D eigenvalue weighted by Crippen LogP contribution is -2.50. The quantitative estimate of drug-likeness (QED) is 0.444. The SMILES string of the molecule is O=C1C2CC(F)C(F)CC2C2C1C1C3CC(F)C(F)CC3C(=O)C1C1C3CC(F)C(F)CC3C(=O)C21. The topological polar surface area (TPSA) is 51.2 Å². The number of hydrogen-bond donors (Lipinski definition) is 0. The largest absolute Gasteiger partial charge is 0.299 e. The summed E-state index contributed by atoms with van der Waals surface area (Å²) in [6.07, 6.45) is -12.2. The summed E-state index contributed by atoms with van der Waals surface area (Å²) in [5.41, 5.74) is 0. The Balaban J connectivity index is 1.37. The van der Waals surface area contributed by atoms with Crippen LogP contribution in [0.1, 0.15) is 38.5 Å². The van der Waals surface area contributed by atoms with Crippen LogP contribution in [0.5, 0.6) is 0 Å². The number of hydrogen-bond acceptors (Lipinski definition) is 3. The third-order valence-electron chi connectivity index (χ3n) is 11.7. The molecule has 12 atom stereocenters. The van der Waals surface area contributed by atoms with Crippen molar-refractivity contribution in [2.24, 2.45) is 71.0 Å². The van der Waals surface area contributed by atoms with Crippen LogP contribution in [0.3, 0.4) is 0 Å². The lowest BCUT2D eigenvalue weighted by atomic mass is 9.54. The molecule has 0 aliphatic heterocycles. The summed E-state index contributed by atoms with van der Waals surface area (Å²) in [7, 11) is 0. The average Bonchev–Trinajstić information content (AvgIpc) is 3.37. The van der Waals surface area contributed by atoms with Crippen molar-refractivity contribution in [1.29, 1.82) is 0 Å².